The van der Waals surface area contributed by atoms with Crippen LogP contribution in [0.25, 0.3) is 0 Å². The monoisotopic (exact) mass is 347 g/mol. The average molecular weight is 347 g/mol. The van der Waals surface area contributed by atoms with Gasteiger partial charge in [-0.15, -0.1) is 0 Å². The van der Waals surface area contributed by atoms with Gasteiger partial charge in [-0.3, -0.25) is 10.1 Å². The first kappa shape index (κ1) is 18.1. The van der Waals surface area contributed by atoms with Crippen LogP contribution in [0.2, 0.25) is 0 Å². The Morgan fingerprint density at radius 3 is 2.36 bits per heavy atom. The molecule has 3 amide bonds. The number of benzene rings is 2. The molecular formula is C17H15F2N3O3. The average Bonchev–Trinajstić information content (AvgIpc) is 2.56. The second kappa shape index (κ2) is 8.53. The van der Waals surface area contributed by atoms with E-state index in [0.29, 0.717) is 12.3 Å². The Labute approximate surface area is 142 Å². The zero-order valence-electron chi connectivity index (χ0n) is 13.3. The molecule has 0 saturated carbocycles. The van der Waals surface area contributed by atoms with Gasteiger partial charge in [0.2, 0.25) is 0 Å². The summed E-state index contributed by atoms with van der Waals surface area (Å²) >= 11 is 0. The van der Waals surface area contributed by atoms with Crippen molar-refractivity contribution in [1.82, 2.24) is 5.32 Å². The lowest BCUT2D eigenvalue weighted by Gasteiger charge is -2.08. The number of carbonyl (C=O) groups is 2. The van der Waals surface area contributed by atoms with Crippen molar-refractivity contribution in [2.45, 2.75) is 6.92 Å². The number of nitrogens with zero attached hydrogens (tertiary/aromatic N) is 1. The molecule has 130 valence electrons. The first-order chi connectivity index (χ1) is 12.0. The van der Waals surface area contributed by atoms with E-state index in [9.17, 15) is 18.4 Å². The molecule has 2 aromatic rings. The zero-order valence-corrected chi connectivity index (χ0v) is 13.3. The minimum Gasteiger partial charge on any atom is -0.396 e. The highest BCUT2D eigenvalue weighted by Crippen LogP contribution is 2.12. The Kier molecular flexibility index (Phi) is 6.16. The smallest absolute Gasteiger partial charge is 0.326 e. The van der Waals surface area contributed by atoms with Crippen molar-refractivity contribution in [3.8, 4) is 0 Å². The third-order valence-electron chi connectivity index (χ3n) is 2.99. The fraction of sp³-hybridized carbons (Fsp3) is 0.118. The SMILES string of the molecule is CCO/N=C/c1ccc(NC(=O)NC(=O)c2c(F)cccc2F)cc1. The Bertz CT molecular complexity index is 772. The summed E-state index contributed by atoms with van der Waals surface area (Å²) in [6, 6.07) is 8.53. The number of hydrogen-bond donors (Lipinski definition) is 2. The lowest BCUT2D eigenvalue weighted by atomic mass is 10.2. The summed E-state index contributed by atoms with van der Waals surface area (Å²) in [6.07, 6.45) is 1.50. The number of carbonyl (C=O) groups excluding carboxylic acids is 2. The first-order valence-corrected chi connectivity index (χ1v) is 7.33. The van der Waals surface area contributed by atoms with Crippen molar-refractivity contribution in [2.24, 2.45) is 5.16 Å². The lowest BCUT2D eigenvalue weighted by Crippen LogP contribution is -2.35. The highest BCUT2D eigenvalue weighted by Gasteiger charge is 2.19. The molecule has 2 N–H and O–H groups in total. The molecule has 8 heteroatoms. The van der Waals surface area contributed by atoms with Crippen LogP contribution >= 0.6 is 0 Å². The summed E-state index contributed by atoms with van der Waals surface area (Å²) in [5, 5.41) is 7.95. The van der Waals surface area contributed by atoms with Crippen LogP contribution in [0, 0.1) is 11.6 Å². The van der Waals surface area contributed by atoms with Gasteiger partial charge in [0.1, 0.15) is 23.8 Å². The summed E-state index contributed by atoms with van der Waals surface area (Å²) in [4.78, 5) is 28.4. The van der Waals surface area contributed by atoms with Crippen molar-refractivity contribution >= 4 is 23.8 Å². The molecule has 2 rings (SSSR count). The molecule has 0 bridgehead atoms. The second-order valence-electron chi connectivity index (χ2n) is 4.78. The molecule has 0 spiro atoms. The van der Waals surface area contributed by atoms with Gasteiger partial charge in [-0.2, -0.15) is 0 Å². The summed E-state index contributed by atoms with van der Waals surface area (Å²) in [5.41, 5.74) is 0.303. The number of nitrogens with one attached hydrogen (secondary N) is 2. The molecule has 2 aromatic carbocycles. The minimum atomic E-state index is -1.17. The molecule has 0 radical (unpaired) electrons. The topological polar surface area (TPSA) is 79.8 Å². The van der Waals surface area contributed by atoms with Crippen LogP contribution in [0.1, 0.15) is 22.8 Å². The quantitative estimate of drug-likeness (QED) is 0.643. The van der Waals surface area contributed by atoms with E-state index in [1.54, 1.807) is 31.2 Å². The Hall–Kier alpha value is -3.29. The molecule has 0 aliphatic rings. The van der Waals surface area contributed by atoms with Crippen molar-refractivity contribution in [1.29, 1.82) is 0 Å². The third-order valence-corrected chi connectivity index (χ3v) is 2.99. The molecule has 0 aromatic heterocycles. The Balaban J connectivity index is 1.97. The first-order valence-electron chi connectivity index (χ1n) is 7.33. The molecule has 0 fully saturated rings. The van der Waals surface area contributed by atoms with Crippen LogP contribution in [0.15, 0.2) is 47.6 Å². The van der Waals surface area contributed by atoms with Gasteiger partial charge >= 0.3 is 6.03 Å². The van der Waals surface area contributed by atoms with Crippen LogP contribution in [0.5, 0.6) is 0 Å². The lowest BCUT2D eigenvalue weighted by molar-refractivity contribution is 0.0959. The number of urea groups is 1. The Morgan fingerprint density at radius 1 is 1.12 bits per heavy atom. The molecule has 6 nitrogen and oxygen atoms in total. The molecule has 25 heavy (non-hydrogen) atoms. The van der Waals surface area contributed by atoms with Gasteiger partial charge in [-0.25, -0.2) is 13.6 Å². The van der Waals surface area contributed by atoms with E-state index in [-0.39, 0.29) is 0 Å². The summed E-state index contributed by atoms with van der Waals surface area (Å²) in [6.45, 7) is 2.25. The number of hydrogen-bond acceptors (Lipinski definition) is 4. The van der Waals surface area contributed by atoms with Gasteiger partial charge < -0.3 is 10.2 Å². The number of oxime groups is 1. The highest BCUT2D eigenvalue weighted by molar-refractivity contribution is 6.08. The zero-order chi connectivity index (χ0) is 18.2. The van der Waals surface area contributed by atoms with Gasteiger partial charge in [0.05, 0.1) is 6.21 Å². The van der Waals surface area contributed by atoms with E-state index in [1.165, 1.54) is 6.21 Å². The predicted molar refractivity (Wildman–Crippen MR) is 88.5 cm³/mol. The number of halogens is 2. The van der Waals surface area contributed by atoms with E-state index in [4.69, 9.17) is 4.84 Å². The Morgan fingerprint density at radius 2 is 1.76 bits per heavy atom. The fourth-order valence-corrected chi connectivity index (χ4v) is 1.87. The maximum atomic E-state index is 13.5. The maximum absolute atomic E-state index is 13.5. The van der Waals surface area contributed by atoms with Gasteiger partial charge in [0, 0.05) is 5.69 Å². The van der Waals surface area contributed by atoms with Crippen molar-refractivity contribution < 1.29 is 23.2 Å². The van der Waals surface area contributed by atoms with Crippen LogP contribution in [-0.4, -0.2) is 24.8 Å². The number of rotatable bonds is 5. The number of anilines is 1. The van der Waals surface area contributed by atoms with E-state index in [0.717, 1.165) is 23.8 Å². The standard InChI is InChI=1S/C17H15F2N3O3/c1-2-25-20-10-11-6-8-12(9-7-11)21-17(24)22-16(23)15-13(18)4-3-5-14(15)19/h3-10H,2H2,1H3,(H2,21,22,23,24)/b20-10+. The highest BCUT2D eigenvalue weighted by atomic mass is 19.1. The number of imide groups is 1. The van der Waals surface area contributed by atoms with E-state index in [1.807, 2.05) is 5.32 Å². The van der Waals surface area contributed by atoms with Gasteiger partial charge in [-0.05, 0) is 36.8 Å². The van der Waals surface area contributed by atoms with E-state index in [2.05, 4.69) is 10.5 Å². The molecule has 0 saturated heterocycles. The largest absolute Gasteiger partial charge is 0.396 e. The van der Waals surface area contributed by atoms with Crippen LogP contribution in [0.3, 0.4) is 0 Å². The van der Waals surface area contributed by atoms with Crippen molar-refractivity contribution in [3.05, 3.63) is 65.2 Å². The van der Waals surface area contributed by atoms with Crippen molar-refractivity contribution in [2.75, 3.05) is 11.9 Å². The summed E-state index contributed by atoms with van der Waals surface area (Å²) in [7, 11) is 0. The minimum absolute atomic E-state index is 0.382. The summed E-state index contributed by atoms with van der Waals surface area (Å²) < 4.78 is 27.0. The number of amides is 3. The molecule has 0 atom stereocenters. The maximum Gasteiger partial charge on any atom is 0.326 e. The molecule has 0 unspecified atom stereocenters. The van der Waals surface area contributed by atoms with E-state index < -0.39 is 29.1 Å². The molecule has 0 aliphatic carbocycles. The summed E-state index contributed by atoms with van der Waals surface area (Å²) in [5.74, 6) is -3.28. The molecule has 0 aliphatic heterocycles. The molecule has 0 heterocycles. The van der Waals surface area contributed by atoms with E-state index >= 15 is 0 Å². The van der Waals surface area contributed by atoms with Crippen LogP contribution in [-0.2, 0) is 4.84 Å². The predicted octanol–water partition coefficient (Wildman–Crippen LogP) is 3.30. The van der Waals surface area contributed by atoms with Crippen molar-refractivity contribution in [3.63, 3.8) is 0 Å². The van der Waals surface area contributed by atoms with Gasteiger partial charge in [0.15, 0.2) is 0 Å². The van der Waals surface area contributed by atoms with Gasteiger partial charge in [-0.1, -0.05) is 23.4 Å². The molecular weight excluding hydrogens is 332 g/mol. The van der Waals surface area contributed by atoms with Crippen LogP contribution in [0.4, 0.5) is 19.3 Å². The third kappa shape index (κ3) is 5.10. The normalized spacial score (nSPS) is 10.5. The second-order valence-corrected chi connectivity index (χ2v) is 4.78. The fourth-order valence-electron chi connectivity index (χ4n) is 1.87. The van der Waals surface area contributed by atoms with Gasteiger partial charge in [0.25, 0.3) is 5.91 Å². The van der Waals surface area contributed by atoms with Crippen LogP contribution < -0.4 is 10.6 Å².